The fourth-order valence-corrected chi connectivity index (χ4v) is 3.20. The molecule has 1 aliphatic rings. The van der Waals surface area contributed by atoms with Crippen molar-refractivity contribution in [3.8, 4) is 0 Å². The number of hydrogen-bond donors (Lipinski definition) is 0. The first-order chi connectivity index (χ1) is 10.8. The molecule has 5 heteroatoms. The zero-order valence-electron chi connectivity index (χ0n) is 13.1. The van der Waals surface area contributed by atoms with Crippen molar-refractivity contribution in [3.05, 3.63) is 35.9 Å². The van der Waals surface area contributed by atoms with E-state index in [1.165, 1.54) is 5.56 Å². The highest BCUT2D eigenvalue weighted by Gasteiger charge is 2.29. The molecule has 1 fully saturated rings. The van der Waals surface area contributed by atoms with Gasteiger partial charge in [-0.15, -0.1) is 0 Å². The molecule has 0 amide bonds. The SMILES string of the molecule is COCO[C@@H]1C[C@@H](CCOCc2ccccc2)O[C@@H](CI)C1. The summed E-state index contributed by atoms with van der Waals surface area (Å²) in [5.41, 5.74) is 1.21. The van der Waals surface area contributed by atoms with Crippen LogP contribution in [-0.2, 0) is 25.6 Å². The molecule has 1 aromatic rings. The average molecular weight is 420 g/mol. The van der Waals surface area contributed by atoms with Crippen molar-refractivity contribution in [2.75, 3.05) is 24.9 Å². The zero-order chi connectivity index (χ0) is 15.6. The van der Waals surface area contributed by atoms with Gasteiger partial charge < -0.3 is 18.9 Å². The van der Waals surface area contributed by atoms with Gasteiger partial charge in [-0.2, -0.15) is 0 Å². The largest absolute Gasteiger partial charge is 0.377 e. The van der Waals surface area contributed by atoms with E-state index in [4.69, 9.17) is 18.9 Å². The predicted molar refractivity (Wildman–Crippen MR) is 94.2 cm³/mol. The number of methoxy groups -OCH3 is 1. The van der Waals surface area contributed by atoms with Crippen LogP contribution in [0, 0.1) is 0 Å². The van der Waals surface area contributed by atoms with Gasteiger partial charge in [-0.05, 0) is 12.0 Å². The minimum absolute atomic E-state index is 0.214. The number of ether oxygens (including phenoxy) is 4. The van der Waals surface area contributed by atoms with Crippen molar-refractivity contribution in [3.63, 3.8) is 0 Å². The number of rotatable bonds is 9. The summed E-state index contributed by atoms with van der Waals surface area (Å²) in [5.74, 6) is 0. The van der Waals surface area contributed by atoms with Gasteiger partial charge in [-0.1, -0.05) is 52.9 Å². The Morgan fingerprint density at radius 3 is 2.68 bits per heavy atom. The van der Waals surface area contributed by atoms with Crippen molar-refractivity contribution in [2.24, 2.45) is 0 Å². The number of halogens is 1. The molecular formula is C17H25IO4. The van der Waals surface area contributed by atoms with Crippen LogP contribution in [0.15, 0.2) is 30.3 Å². The number of benzene rings is 1. The van der Waals surface area contributed by atoms with Crippen molar-refractivity contribution in [1.29, 1.82) is 0 Å². The lowest BCUT2D eigenvalue weighted by Gasteiger charge is -2.34. The molecule has 0 N–H and O–H groups in total. The predicted octanol–water partition coefficient (Wildman–Crippen LogP) is 3.57. The Morgan fingerprint density at radius 1 is 1.18 bits per heavy atom. The lowest BCUT2D eigenvalue weighted by Crippen LogP contribution is -2.38. The van der Waals surface area contributed by atoms with E-state index in [1.54, 1.807) is 7.11 Å². The second-order valence-corrected chi connectivity index (χ2v) is 6.41. The van der Waals surface area contributed by atoms with Crippen LogP contribution in [-0.4, -0.2) is 43.2 Å². The van der Waals surface area contributed by atoms with Gasteiger partial charge in [-0.25, -0.2) is 0 Å². The maximum Gasteiger partial charge on any atom is 0.146 e. The first-order valence-corrected chi connectivity index (χ1v) is 9.28. The van der Waals surface area contributed by atoms with E-state index in [-0.39, 0.29) is 18.3 Å². The van der Waals surface area contributed by atoms with Crippen molar-refractivity contribution in [1.82, 2.24) is 0 Å². The summed E-state index contributed by atoms with van der Waals surface area (Å²) in [6.07, 6.45) is 3.50. The Balaban J connectivity index is 1.69. The van der Waals surface area contributed by atoms with Crippen molar-refractivity contribution >= 4 is 22.6 Å². The molecule has 0 saturated carbocycles. The molecule has 2 rings (SSSR count). The molecule has 0 radical (unpaired) electrons. The maximum absolute atomic E-state index is 6.09. The lowest BCUT2D eigenvalue weighted by molar-refractivity contribution is -0.146. The van der Waals surface area contributed by atoms with Gasteiger partial charge in [0.1, 0.15) is 6.79 Å². The number of alkyl halides is 1. The molecule has 0 spiro atoms. The van der Waals surface area contributed by atoms with Crippen molar-refractivity contribution in [2.45, 2.75) is 44.2 Å². The normalized spacial score (nSPS) is 25.3. The summed E-state index contributed by atoms with van der Waals surface area (Å²) in [6.45, 7) is 1.73. The van der Waals surface area contributed by atoms with E-state index in [0.29, 0.717) is 20.0 Å². The molecule has 0 aliphatic carbocycles. The van der Waals surface area contributed by atoms with E-state index in [9.17, 15) is 0 Å². The highest BCUT2D eigenvalue weighted by molar-refractivity contribution is 14.1. The zero-order valence-corrected chi connectivity index (χ0v) is 15.2. The summed E-state index contributed by atoms with van der Waals surface area (Å²) >= 11 is 2.37. The van der Waals surface area contributed by atoms with Crippen LogP contribution >= 0.6 is 22.6 Å². The summed E-state index contributed by atoms with van der Waals surface area (Å²) in [5, 5.41) is 0. The molecule has 0 bridgehead atoms. The first kappa shape index (κ1) is 18.1. The smallest absolute Gasteiger partial charge is 0.146 e. The summed E-state index contributed by atoms with van der Waals surface area (Å²) in [7, 11) is 1.66. The highest BCUT2D eigenvalue weighted by Crippen LogP contribution is 2.25. The van der Waals surface area contributed by atoms with Gasteiger partial charge in [0.15, 0.2) is 0 Å². The molecule has 1 saturated heterocycles. The van der Waals surface area contributed by atoms with Gasteiger partial charge in [0.05, 0.1) is 24.9 Å². The van der Waals surface area contributed by atoms with E-state index in [1.807, 2.05) is 18.2 Å². The van der Waals surface area contributed by atoms with Gasteiger partial charge in [0.25, 0.3) is 0 Å². The summed E-state index contributed by atoms with van der Waals surface area (Å²) in [6, 6.07) is 10.2. The Labute approximate surface area is 146 Å². The van der Waals surface area contributed by atoms with Crippen LogP contribution in [0.3, 0.4) is 0 Å². The molecule has 124 valence electrons. The monoisotopic (exact) mass is 420 g/mol. The molecule has 1 heterocycles. The molecule has 1 aliphatic heterocycles. The van der Waals surface area contributed by atoms with Crippen LogP contribution in [0.5, 0.6) is 0 Å². The minimum Gasteiger partial charge on any atom is -0.377 e. The first-order valence-electron chi connectivity index (χ1n) is 7.75. The second-order valence-electron chi connectivity index (χ2n) is 5.53. The standard InChI is InChI=1S/C17H25IO4/c1-19-13-21-16-9-15(22-17(10-16)11-18)7-8-20-12-14-5-3-2-4-6-14/h2-6,15-17H,7-13H2,1H3/t15-,16-,17-/m1/s1. The Morgan fingerprint density at radius 2 is 1.95 bits per heavy atom. The third kappa shape index (κ3) is 6.50. The number of hydrogen-bond acceptors (Lipinski definition) is 4. The topological polar surface area (TPSA) is 36.9 Å². The molecule has 0 unspecified atom stereocenters. The Bertz CT molecular complexity index is 401. The summed E-state index contributed by atoms with van der Waals surface area (Å²) < 4.78 is 23.6. The fourth-order valence-electron chi connectivity index (χ4n) is 2.63. The lowest BCUT2D eigenvalue weighted by atomic mass is 10.00. The molecular weight excluding hydrogens is 395 g/mol. The van der Waals surface area contributed by atoms with Gasteiger partial charge in [0, 0.05) is 31.0 Å². The molecule has 0 aromatic heterocycles. The van der Waals surface area contributed by atoms with Crippen LogP contribution < -0.4 is 0 Å². The van der Waals surface area contributed by atoms with Crippen LogP contribution in [0.4, 0.5) is 0 Å². The third-order valence-electron chi connectivity index (χ3n) is 3.73. The summed E-state index contributed by atoms with van der Waals surface area (Å²) in [4.78, 5) is 0. The molecule has 1 aromatic carbocycles. The van der Waals surface area contributed by atoms with Gasteiger partial charge in [0.2, 0.25) is 0 Å². The third-order valence-corrected chi connectivity index (χ3v) is 4.71. The van der Waals surface area contributed by atoms with Crippen molar-refractivity contribution < 1.29 is 18.9 Å². The van der Waals surface area contributed by atoms with Crippen LogP contribution in [0.2, 0.25) is 0 Å². The van der Waals surface area contributed by atoms with Gasteiger partial charge in [-0.3, -0.25) is 0 Å². The van der Waals surface area contributed by atoms with E-state index < -0.39 is 0 Å². The molecule has 3 atom stereocenters. The van der Waals surface area contributed by atoms with Gasteiger partial charge >= 0.3 is 0 Å². The van der Waals surface area contributed by atoms with E-state index >= 15 is 0 Å². The van der Waals surface area contributed by atoms with E-state index in [2.05, 4.69) is 34.7 Å². The highest BCUT2D eigenvalue weighted by atomic mass is 127. The Kier molecular flexibility index (Phi) is 8.69. The second kappa shape index (κ2) is 10.5. The Hall–Kier alpha value is -0.210. The maximum atomic E-state index is 6.09. The molecule has 4 nitrogen and oxygen atoms in total. The quantitative estimate of drug-likeness (QED) is 0.265. The average Bonchev–Trinajstić information content (AvgIpc) is 2.57. The minimum atomic E-state index is 0.214. The van der Waals surface area contributed by atoms with Crippen LogP contribution in [0.1, 0.15) is 24.8 Å². The molecule has 22 heavy (non-hydrogen) atoms. The van der Waals surface area contributed by atoms with Crippen LogP contribution in [0.25, 0.3) is 0 Å². The fraction of sp³-hybridized carbons (Fsp3) is 0.647. The van der Waals surface area contributed by atoms with E-state index in [0.717, 1.165) is 23.7 Å².